The fourth-order valence-electron chi connectivity index (χ4n) is 7.19. The maximum Gasteiger partial charge on any atom is 0.308 e. The van der Waals surface area contributed by atoms with Gasteiger partial charge >= 0.3 is 5.97 Å². The van der Waals surface area contributed by atoms with Gasteiger partial charge in [-0.05, 0) is 79.2 Å². The van der Waals surface area contributed by atoms with E-state index in [0.717, 1.165) is 44.7 Å². The molecular formula is C36H63N3O7. The van der Waals surface area contributed by atoms with Crippen LogP contribution in [-0.2, 0) is 23.8 Å². The first-order valence-corrected chi connectivity index (χ1v) is 17.5. The van der Waals surface area contributed by atoms with Crippen molar-refractivity contribution >= 4 is 11.8 Å². The highest BCUT2D eigenvalue weighted by atomic mass is 16.7. The number of nitrogens with zero attached hydrogens (tertiary/aromatic N) is 3. The first kappa shape index (κ1) is 38.8. The predicted octanol–water partition coefficient (Wildman–Crippen LogP) is 3.51. The molecule has 1 unspecified atom stereocenters. The van der Waals surface area contributed by atoms with Crippen molar-refractivity contribution in [1.29, 1.82) is 0 Å². The van der Waals surface area contributed by atoms with E-state index in [2.05, 4.69) is 16.8 Å². The third-order valence-corrected chi connectivity index (χ3v) is 10.4. The average molecular weight is 650 g/mol. The van der Waals surface area contributed by atoms with Crippen molar-refractivity contribution in [2.75, 3.05) is 53.9 Å². The summed E-state index contributed by atoms with van der Waals surface area (Å²) in [6.45, 7) is 16.5. The third kappa shape index (κ3) is 11.2. The van der Waals surface area contributed by atoms with Crippen LogP contribution in [0.3, 0.4) is 0 Å². The van der Waals surface area contributed by atoms with Gasteiger partial charge in [0.2, 0.25) is 0 Å². The third-order valence-electron chi connectivity index (χ3n) is 10.4. The Labute approximate surface area is 278 Å². The number of ether oxygens (including phenoxy) is 3. The van der Waals surface area contributed by atoms with Crippen molar-refractivity contribution in [3.8, 4) is 0 Å². The Morgan fingerprint density at radius 2 is 1.70 bits per heavy atom. The molecule has 0 spiro atoms. The minimum atomic E-state index is -1.05. The zero-order valence-electron chi connectivity index (χ0n) is 29.9. The number of carbonyl (C=O) groups excluding carboxylic acids is 2. The van der Waals surface area contributed by atoms with E-state index < -0.39 is 36.5 Å². The number of aliphatic hydroxyl groups excluding tert-OH is 2. The molecule has 0 aromatic heterocycles. The van der Waals surface area contributed by atoms with Gasteiger partial charge in [0.15, 0.2) is 12.1 Å². The van der Waals surface area contributed by atoms with Crippen molar-refractivity contribution < 1.29 is 34.0 Å². The lowest BCUT2D eigenvalue weighted by molar-refractivity contribution is -0.283. The van der Waals surface area contributed by atoms with E-state index >= 15 is 0 Å². The number of allylic oxidation sites excluding steroid dienone is 3. The Balaban J connectivity index is 1.99. The normalized spacial score (nSPS) is 40.3. The van der Waals surface area contributed by atoms with E-state index in [9.17, 15) is 19.8 Å². The first-order chi connectivity index (χ1) is 21.7. The molecule has 11 atom stereocenters. The molecule has 0 aromatic rings. The molecule has 2 saturated heterocycles. The molecule has 0 aliphatic carbocycles. The molecule has 46 heavy (non-hydrogen) atoms. The average Bonchev–Trinajstić information content (AvgIpc) is 3.00. The number of carbonyl (C=O) groups is 2. The van der Waals surface area contributed by atoms with Gasteiger partial charge in [-0.2, -0.15) is 0 Å². The maximum absolute atomic E-state index is 13.5. The molecule has 3 aliphatic rings. The standard InChI is InChI=1S/C36H63N3O7/c1-10-32-25(4)19-23(2)11-12-30(40)24(3)20-28(13-14-39-17-15-38(9)16-18-39)35(27(6)31(41)22-33(42)45-32)46-36-34(43)29(37(7)8)21-26(5)44-36/h11-12,19,24-29,31-32,34-36,41,43H,10,13-18,20-22H2,1-9H3/b12-11+,23-19+/t24-,25+,26-,27+,28+,29+,31?,32-,34-,35-,36+/m1/s1. The fraction of sp³-hybridized carbons (Fsp3) is 0.833. The number of cyclic esters (lactones) is 1. The summed E-state index contributed by atoms with van der Waals surface area (Å²) in [5.41, 5.74) is 0.934. The molecule has 3 heterocycles. The topological polar surface area (TPSA) is 112 Å². The van der Waals surface area contributed by atoms with Crippen LogP contribution in [-0.4, -0.2) is 133 Å². The van der Waals surface area contributed by atoms with Crippen LogP contribution in [0.25, 0.3) is 0 Å². The van der Waals surface area contributed by atoms with Gasteiger partial charge in [-0.3, -0.25) is 9.59 Å². The van der Waals surface area contributed by atoms with E-state index in [1.165, 1.54) is 0 Å². The Kier molecular flexibility index (Phi) is 15.3. The van der Waals surface area contributed by atoms with Gasteiger partial charge in [0.25, 0.3) is 0 Å². The summed E-state index contributed by atoms with van der Waals surface area (Å²) in [5.74, 6) is -1.40. The number of piperazine rings is 1. The van der Waals surface area contributed by atoms with Gasteiger partial charge in [-0.25, -0.2) is 0 Å². The molecule has 2 N–H and O–H groups in total. The molecule has 3 aliphatic heterocycles. The Hall–Kier alpha value is -1.66. The van der Waals surface area contributed by atoms with Crippen LogP contribution < -0.4 is 0 Å². The van der Waals surface area contributed by atoms with Crippen LogP contribution in [0, 0.1) is 23.7 Å². The SMILES string of the molecule is CC[C@H]1OC(=O)CC(O)[C@H](C)[C@@H](O[C@@H]2O[C@H](C)C[C@H](N(C)C)[C@H]2O)[C@@H](CCN2CCN(C)CC2)C[C@@H](C)C(=O)/C=C/C(C)=C/[C@@H]1C. The Morgan fingerprint density at radius 3 is 2.33 bits per heavy atom. The number of hydrogen-bond acceptors (Lipinski definition) is 10. The number of aliphatic hydroxyl groups is 2. The van der Waals surface area contributed by atoms with Crippen LogP contribution in [0.2, 0.25) is 0 Å². The van der Waals surface area contributed by atoms with Crippen LogP contribution in [0.1, 0.15) is 73.6 Å². The van der Waals surface area contributed by atoms with Crippen molar-refractivity contribution in [2.24, 2.45) is 23.7 Å². The Morgan fingerprint density at radius 1 is 1.02 bits per heavy atom. The minimum Gasteiger partial charge on any atom is -0.462 e. The second kappa shape index (κ2) is 18.2. The molecule has 0 saturated carbocycles. The highest BCUT2D eigenvalue weighted by Gasteiger charge is 2.43. The lowest BCUT2D eigenvalue weighted by Crippen LogP contribution is -2.56. The van der Waals surface area contributed by atoms with E-state index in [1.54, 1.807) is 6.08 Å². The van der Waals surface area contributed by atoms with Crippen molar-refractivity contribution in [3.05, 3.63) is 23.8 Å². The van der Waals surface area contributed by atoms with Crippen LogP contribution >= 0.6 is 0 Å². The highest BCUT2D eigenvalue weighted by molar-refractivity contribution is 5.91. The van der Waals surface area contributed by atoms with Gasteiger partial charge in [-0.15, -0.1) is 0 Å². The zero-order chi connectivity index (χ0) is 34.1. The lowest BCUT2D eigenvalue weighted by Gasteiger charge is -2.45. The van der Waals surface area contributed by atoms with E-state index in [1.807, 2.05) is 72.7 Å². The summed E-state index contributed by atoms with van der Waals surface area (Å²) in [7, 11) is 6.01. The van der Waals surface area contributed by atoms with Crippen molar-refractivity contribution in [2.45, 2.75) is 116 Å². The summed E-state index contributed by atoms with van der Waals surface area (Å²) in [6, 6.07) is -0.158. The summed E-state index contributed by atoms with van der Waals surface area (Å²) < 4.78 is 18.9. The molecule has 0 amide bonds. The second-order valence-corrected chi connectivity index (χ2v) is 14.6. The number of hydrogen-bond donors (Lipinski definition) is 2. The highest BCUT2D eigenvalue weighted by Crippen LogP contribution is 2.34. The van der Waals surface area contributed by atoms with Crippen molar-refractivity contribution in [3.63, 3.8) is 0 Å². The van der Waals surface area contributed by atoms with Crippen LogP contribution in [0.5, 0.6) is 0 Å². The van der Waals surface area contributed by atoms with Crippen LogP contribution in [0.15, 0.2) is 23.8 Å². The van der Waals surface area contributed by atoms with Gasteiger partial charge in [-0.1, -0.05) is 45.4 Å². The molecule has 0 bridgehead atoms. The molecule has 3 rings (SSSR count). The van der Waals surface area contributed by atoms with E-state index in [0.29, 0.717) is 19.3 Å². The first-order valence-electron chi connectivity index (χ1n) is 17.5. The molecule has 2 fully saturated rings. The monoisotopic (exact) mass is 649 g/mol. The summed E-state index contributed by atoms with van der Waals surface area (Å²) in [4.78, 5) is 33.4. The van der Waals surface area contributed by atoms with Gasteiger partial charge in [0.1, 0.15) is 12.2 Å². The Bertz CT molecular complexity index is 1030. The van der Waals surface area contributed by atoms with Crippen molar-refractivity contribution in [1.82, 2.24) is 14.7 Å². The number of esters is 1. The van der Waals surface area contributed by atoms with Crippen LogP contribution in [0.4, 0.5) is 0 Å². The molecule has 0 aromatic carbocycles. The molecular weight excluding hydrogens is 586 g/mol. The number of ketones is 1. The maximum atomic E-state index is 13.5. The second-order valence-electron chi connectivity index (χ2n) is 14.6. The van der Waals surface area contributed by atoms with Gasteiger partial charge < -0.3 is 39.1 Å². The number of rotatable bonds is 7. The fourth-order valence-corrected chi connectivity index (χ4v) is 7.19. The molecule has 10 nitrogen and oxygen atoms in total. The minimum absolute atomic E-state index is 0.0396. The summed E-state index contributed by atoms with van der Waals surface area (Å²) >= 11 is 0. The van der Waals surface area contributed by atoms with Gasteiger partial charge in [0, 0.05) is 50.0 Å². The molecule has 264 valence electrons. The zero-order valence-corrected chi connectivity index (χ0v) is 29.9. The molecule has 10 heteroatoms. The largest absolute Gasteiger partial charge is 0.462 e. The van der Waals surface area contributed by atoms with E-state index in [-0.39, 0.29) is 48.2 Å². The lowest BCUT2D eigenvalue weighted by atomic mass is 9.79. The van der Waals surface area contributed by atoms with Gasteiger partial charge in [0.05, 0.1) is 24.7 Å². The molecule has 0 radical (unpaired) electrons. The smallest absolute Gasteiger partial charge is 0.308 e. The predicted molar refractivity (Wildman–Crippen MR) is 180 cm³/mol. The van der Waals surface area contributed by atoms with E-state index in [4.69, 9.17) is 14.2 Å². The number of likely N-dealkylation sites (N-methyl/N-ethyl adjacent to an activating group) is 2. The summed E-state index contributed by atoms with van der Waals surface area (Å²) in [6.07, 6.45) is 4.01. The summed E-state index contributed by atoms with van der Waals surface area (Å²) in [5, 5.41) is 23.0. The quantitative estimate of drug-likeness (QED) is 0.398.